The fourth-order valence-electron chi connectivity index (χ4n) is 1.95. The van der Waals surface area contributed by atoms with Crippen molar-refractivity contribution in [2.45, 2.75) is 6.54 Å². The summed E-state index contributed by atoms with van der Waals surface area (Å²) in [5, 5.41) is 4.38. The Bertz CT molecular complexity index is 766. The van der Waals surface area contributed by atoms with Crippen LogP contribution in [0.2, 0.25) is 0 Å². The quantitative estimate of drug-likeness (QED) is 0.703. The van der Waals surface area contributed by atoms with Crippen LogP contribution in [0.15, 0.2) is 33.5 Å². The second-order valence-electron chi connectivity index (χ2n) is 4.07. The van der Waals surface area contributed by atoms with Gasteiger partial charge in [0.2, 0.25) is 0 Å². The van der Waals surface area contributed by atoms with Crippen LogP contribution in [-0.4, -0.2) is 14.8 Å². The second kappa shape index (κ2) is 3.85. The standard InChI is InChI=1S/C12H12N4O2/c1-16-8(6-13)5-9(15-16)7-2-3-11-10(4-7)14-12(17)18-11/h2-5H,6,13H2,1H3,(H,14,17). The van der Waals surface area contributed by atoms with Crippen molar-refractivity contribution < 1.29 is 4.42 Å². The van der Waals surface area contributed by atoms with Gasteiger partial charge in [0.05, 0.1) is 16.9 Å². The van der Waals surface area contributed by atoms with Gasteiger partial charge in [0.1, 0.15) is 0 Å². The number of aryl methyl sites for hydroxylation is 1. The van der Waals surface area contributed by atoms with E-state index in [2.05, 4.69) is 10.1 Å². The maximum atomic E-state index is 11.1. The lowest BCUT2D eigenvalue weighted by molar-refractivity contribution is 0.555. The molecule has 0 bridgehead atoms. The number of nitrogens with two attached hydrogens (primary N) is 1. The number of aromatic amines is 1. The zero-order chi connectivity index (χ0) is 12.7. The van der Waals surface area contributed by atoms with Crippen LogP contribution in [0.25, 0.3) is 22.4 Å². The van der Waals surface area contributed by atoms with E-state index < -0.39 is 5.76 Å². The highest BCUT2D eigenvalue weighted by Gasteiger charge is 2.08. The van der Waals surface area contributed by atoms with E-state index in [1.807, 2.05) is 25.2 Å². The highest BCUT2D eigenvalue weighted by Crippen LogP contribution is 2.22. The molecule has 0 atom stereocenters. The largest absolute Gasteiger partial charge is 0.417 e. The topological polar surface area (TPSA) is 89.8 Å². The summed E-state index contributed by atoms with van der Waals surface area (Å²) in [5.41, 5.74) is 9.50. The van der Waals surface area contributed by atoms with E-state index in [4.69, 9.17) is 10.2 Å². The average Bonchev–Trinajstić information content (AvgIpc) is 2.89. The number of benzene rings is 1. The van der Waals surface area contributed by atoms with E-state index in [-0.39, 0.29) is 0 Å². The van der Waals surface area contributed by atoms with Gasteiger partial charge in [0, 0.05) is 19.2 Å². The number of oxazole rings is 1. The van der Waals surface area contributed by atoms with Gasteiger partial charge >= 0.3 is 5.76 Å². The Hall–Kier alpha value is -2.34. The summed E-state index contributed by atoms with van der Waals surface area (Å²) < 4.78 is 6.70. The third-order valence-electron chi connectivity index (χ3n) is 2.90. The van der Waals surface area contributed by atoms with Gasteiger partial charge in [-0.2, -0.15) is 5.10 Å². The van der Waals surface area contributed by atoms with E-state index in [1.54, 1.807) is 10.7 Å². The highest BCUT2D eigenvalue weighted by atomic mass is 16.4. The molecule has 0 aliphatic rings. The summed E-state index contributed by atoms with van der Waals surface area (Å²) in [4.78, 5) is 13.7. The molecule has 2 aromatic heterocycles. The van der Waals surface area contributed by atoms with Crippen molar-refractivity contribution in [3.8, 4) is 11.3 Å². The summed E-state index contributed by atoms with van der Waals surface area (Å²) in [7, 11) is 1.85. The molecule has 0 radical (unpaired) electrons. The molecule has 6 nitrogen and oxygen atoms in total. The predicted octanol–water partition coefficient (Wildman–Crippen LogP) is 0.980. The summed E-state index contributed by atoms with van der Waals surface area (Å²) >= 11 is 0. The molecule has 92 valence electrons. The van der Waals surface area contributed by atoms with Crippen molar-refractivity contribution >= 4 is 11.1 Å². The highest BCUT2D eigenvalue weighted by molar-refractivity contribution is 5.79. The predicted molar refractivity (Wildman–Crippen MR) is 66.9 cm³/mol. The maximum absolute atomic E-state index is 11.1. The Labute approximate surface area is 102 Å². The number of hydrogen-bond acceptors (Lipinski definition) is 4. The number of nitrogens with one attached hydrogen (secondary N) is 1. The average molecular weight is 244 g/mol. The van der Waals surface area contributed by atoms with Crippen LogP contribution >= 0.6 is 0 Å². The Morgan fingerprint density at radius 2 is 2.28 bits per heavy atom. The number of aromatic nitrogens is 3. The van der Waals surface area contributed by atoms with Gasteiger partial charge in [-0.15, -0.1) is 0 Å². The fraction of sp³-hybridized carbons (Fsp3) is 0.167. The van der Waals surface area contributed by atoms with Crippen molar-refractivity contribution in [1.82, 2.24) is 14.8 Å². The summed E-state index contributed by atoms with van der Waals surface area (Å²) in [6.45, 7) is 0.439. The lowest BCUT2D eigenvalue weighted by atomic mass is 10.1. The van der Waals surface area contributed by atoms with Gasteiger partial charge in [-0.05, 0) is 24.3 Å². The Kier molecular flexibility index (Phi) is 2.31. The molecule has 0 aliphatic carbocycles. The van der Waals surface area contributed by atoms with Gasteiger partial charge in [0.25, 0.3) is 0 Å². The second-order valence-corrected chi connectivity index (χ2v) is 4.07. The molecule has 1 aromatic carbocycles. The lowest BCUT2D eigenvalue weighted by Crippen LogP contribution is -2.03. The molecular formula is C12H12N4O2. The molecule has 0 fully saturated rings. The van der Waals surface area contributed by atoms with Gasteiger partial charge in [-0.1, -0.05) is 0 Å². The van der Waals surface area contributed by atoms with Crippen molar-refractivity contribution in [3.05, 3.63) is 40.5 Å². The molecule has 3 aromatic rings. The van der Waals surface area contributed by atoms with E-state index >= 15 is 0 Å². The molecule has 0 saturated carbocycles. The first-order valence-electron chi connectivity index (χ1n) is 5.53. The molecule has 6 heteroatoms. The van der Waals surface area contributed by atoms with E-state index in [9.17, 15) is 4.79 Å². The van der Waals surface area contributed by atoms with Gasteiger partial charge in [-0.3, -0.25) is 9.67 Å². The first-order valence-corrected chi connectivity index (χ1v) is 5.53. The monoisotopic (exact) mass is 244 g/mol. The zero-order valence-corrected chi connectivity index (χ0v) is 9.80. The normalized spacial score (nSPS) is 11.2. The first kappa shape index (κ1) is 10.8. The third-order valence-corrected chi connectivity index (χ3v) is 2.90. The molecule has 3 rings (SSSR count). The van der Waals surface area contributed by atoms with Gasteiger partial charge < -0.3 is 10.2 Å². The summed E-state index contributed by atoms with van der Waals surface area (Å²) in [5.74, 6) is -0.453. The molecule has 0 saturated heterocycles. The van der Waals surface area contributed by atoms with Crippen molar-refractivity contribution in [3.63, 3.8) is 0 Å². The Morgan fingerprint density at radius 1 is 1.44 bits per heavy atom. The maximum Gasteiger partial charge on any atom is 0.417 e. The van der Waals surface area contributed by atoms with Crippen molar-refractivity contribution in [1.29, 1.82) is 0 Å². The molecule has 18 heavy (non-hydrogen) atoms. The lowest BCUT2D eigenvalue weighted by Gasteiger charge is -1.95. The minimum absolute atomic E-state index is 0.439. The molecule has 2 heterocycles. The van der Waals surface area contributed by atoms with Crippen LogP contribution in [-0.2, 0) is 13.6 Å². The Morgan fingerprint density at radius 3 is 3.00 bits per heavy atom. The van der Waals surface area contributed by atoms with Crippen LogP contribution in [0.3, 0.4) is 0 Å². The summed E-state index contributed by atoms with van der Waals surface area (Å²) in [6.07, 6.45) is 0. The number of hydrogen-bond donors (Lipinski definition) is 2. The van der Waals surface area contributed by atoms with Crippen LogP contribution < -0.4 is 11.5 Å². The number of rotatable bonds is 2. The van der Waals surface area contributed by atoms with Crippen molar-refractivity contribution in [2.24, 2.45) is 12.8 Å². The molecular weight excluding hydrogens is 232 g/mol. The number of nitrogens with zero attached hydrogens (tertiary/aromatic N) is 2. The fourth-order valence-corrected chi connectivity index (χ4v) is 1.95. The third kappa shape index (κ3) is 1.63. The van der Waals surface area contributed by atoms with Crippen LogP contribution in [0.1, 0.15) is 5.69 Å². The van der Waals surface area contributed by atoms with Crippen LogP contribution in [0, 0.1) is 0 Å². The number of H-pyrrole nitrogens is 1. The number of fused-ring (bicyclic) bond motifs is 1. The van der Waals surface area contributed by atoms with Crippen molar-refractivity contribution in [2.75, 3.05) is 0 Å². The molecule has 0 spiro atoms. The molecule has 0 amide bonds. The van der Waals surface area contributed by atoms with E-state index in [1.165, 1.54) is 0 Å². The van der Waals surface area contributed by atoms with Gasteiger partial charge in [0.15, 0.2) is 5.58 Å². The van der Waals surface area contributed by atoms with Crippen LogP contribution in [0.5, 0.6) is 0 Å². The van der Waals surface area contributed by atoms with Gasteiger partial charge in [-0.25, -0.2) is 4.79 Å². The molecule has 3 N–H and O–H groups in total. The van der Waals surface area contributed by atoms with E-state index in [0.717, 1.165) is 17.0 Å². The molecule has 0 unspecified atom stereocenters. The Balaban J connectivity index is 2.15. The zero-order valence-electron chi connectivity index (χ0n) is 9.80. The smallest absolute Gasteiger partial charge is 0.408 e. The SMILES string of the molecule is Cn1nc(-c2ccc3oc(=O)[nH]c3c2)cc1CN. The minimum Gasteiger partial charge on any atom is -0.408 e. The van der Waals surface area contributed by atoms with E-state index in [0.29, 0.717) is 17.6 Å². The minimum atomic E-state index is -0.453. The molecule has 0 aliphatic heterocycles. The van der Waals surface area contributed by atoms with Crippen LogP contribution in [0.4, 0.5) is 0 Å². The summed E-state index contributed by atoms with van der Waals surface area (Å²) in [6, 6.07) is 7.38. The first-order chi connectivity index (χ1) is 8.67.